The summed E-state index contributed by atoms with van der Waals surface area (Å²) >= 11 is 6.45. The van der Waals surface area contributed by atoms with E-state index in [2.05, 4.69) is 5.10 Å². The number of hydrogen-bond donors (Lipinski definition) is 1. The van der Waals surface area contributed by atoms with Gasteiger partial charge in [-0.05, 0) is 63.5 Å². The quantitative estimate of drug-likeness (QED) is 0.699. The van der Waals surface area contributed by atoms with Crippen molar-refractivity contribution in [2.75, 3.05) is 0 Å². The van der Waals surface area contributed by atoms with Crippen LogP contribution in [0, 0.1) is 0 Å². The van der Waals surface area contributed by atoms with E-state index in [4.69, 9.17) is 20.9 Å². The van der Waals surface area contributed by atoms with Crippen molar-refractivity contribution in [3.05, 3.63) is 47.6 Å². The van der Waals surface area contributed by atoms with Crippen molar-refractivity contribution in [2.45, 2.75) is 38.9 Å². The van der Waals surface area contributed by atoms with Gasteiger partial charge in [-0.3, -0.25) is 0 Å². The summed E-state index contributed by atoms with van der Waals surface area (Å²) in [5, 5.41) is 15.3. The lowest BCUT2D eigenvalue weighted by atomic mass is 9.79. The zero-order chi connectivity index (χ0) is 18.7. The molecule has 0 aliphatic carbocycles. The molecule has 0 amide bonds. The highest BCUT2D eigenvalue weighted by molar-refractivity contribution is 6.62. The van der Waals surface area contributed by atoms with E-state index < -0.39 is 7.12 Å². The van der Waals surface area contributed by atoms with Crippen LogP contribution in [0.4, 0.5) is 0 Å². The number of hydrogen-bond acceptors (Lipinski definition) is 4. The average Bonchev–Trinajstić information content (AvgIpc) is 3.01. The van der Waals surface area contributed by atoms with E-state index in [1.807, 2.05) is 52.0 Å². The van der Waals surface area contributed by atoms with Crippen LogP contribution < -0.4 is 5.46 Å². The Morgan fingerprint density at radius 1 is 1.00 bits per heavy atom. The van der Waals surface area contributed by atoms with Crippen molar-refractivity contribution in [1.82, 2.24) is 9.78 Å². The molecular weight excluding hydrogens is 350 g/mol. The van der Waals surface area contributed by atoms with Gasteiger partial charge < -0.3 is 14.4 Å². The van der Waals surface area contributed by atoms with Crippen LogP contribution in [0.5, 0.6) is 5.75 Å². The van der Waals surface area contributed by atoms with E-state index in [1.165, 1.54) is 0 Å². The molecule has 3 aromatic rings. The fourth-order valence-electron chi connectivity index (χ4n) is 2.97. The summed E-state index contributed by atoms with van der Waals surface area (Å²) in [6, 6.07) is 12.7. The van der Waals surface area contributed by atoms with Gasteiger partial charge in [-0.15, -0.1) is 0 Å². The second kappa shape index (κ2) is 5.74. The molecule has 0 atom stereocenters. The minimum Gasteiger partial charge on any atom is -0.508 e. The lowest BCUT2D eigenvalue weighted by Gasteiger charge is -2.32. The number of phenolic OH excluding ortho intramolecular Hbond substituents is 1. The molecule has 26 heavy (non-hydrogen) atoms. The van der Waals surface area contributed by atoms with E-state index in [0.29, 0.717) is 10.5 Å². The molecule has 1 N–H and O–H groups in total. The number of phenols is 1. The fraction of sp³-hybridized carbons (Fsp3) is 0.316. The Labute approximate surface area is 157 Å². The molecule has 134 valence electrons. The number of aromatic nitrogens is 2. The van der Waals surface area contributed by atoms with Gasteiger partial charge in [-0.1, -0.05) is 23.7 Å². The lowest BCUT2D eigenvalue weighted by Crippen LogP contribution is -2.41. The predicted molar refractivity (Wildman–Crippen MR) is 103 cm³/mol. The van der Waals surface area contributed by atoms with Crippen molar-refractivity contribution in [3.8, 4) is 11.4 Å². The highest BCUT2D eigenvalue weighted by atomic mass is 35.5. The monoisotopic (exact) mass is 370 g/mol. The number of benzene rings is 2. The van der Waals surface area contributed by atoms with Crippen LogP contribution >= 0.6 is 11.6 Å². The predicted octanol–water partition coefficient (Wildman–Crippen LogP) is 3.68. The number of fused-ring (bicyclic) bond motifs is 1. The van der Waals surface area contributed by atoms with Crippen LogP contribution in [-0.4, -0.2) is 33.2 Å². The van der Waals surface area contributed by atoms with Gasteiger partial charge in [0.25, 0.3) is 0 Å². The van der Waals surface area contributed by atoms with Gasteiger partial charge in [-0.25, -0.2) is 4.68 Å². The highest BCUT2D eigenvalue weighted by Gasteiger charge is 2.51. The first-order valence-corrected chi connectivity index (χ1v) is 8.89. The summed E-state index contributed by atoms with van der Waals surface area (Å²) < 4.78 is 13.8. The average molecular weight is 371 g/mol. The zero-order valence-corrected chi connectivity index (χ0v) is 15.9. The van der Waals surface area contributed by atoms with Crippen LogP contribution in [0.3, 0.4) is 0 Å². The second-order valence-corrected chi connectivity index (χ2v) is 7.94. The minimum absolute atomic E-state index is 0.162. The third kappa shape index (κ3) is 2.69. The number of nitrogens with zero attached hydrogens (tertiary/aromatic N) is 2. The van der Waals surface area contributed by atoms with Crippen LogP contribution in [0.1, 0.15) is 27.7 Å². The summed E-state index contributed by atoms with van der Waals surface area (Å²) in [6.45, 7) is 8.13. The van der Waals surface area contributed by atoms with Gasteiger partial charge >= 0.3 is 7.12 Å². The van der Waals surface area contributed by atoms with Gasteiger partial charge in [-0.2, -0.15) is 5.10 Å². The summed E-state index contributed by atoms with van der Waals surface area (Å²) in [5.74, 6) is 0.162. The smallest absolute Gasteiger partial charge is 0.494 e. The first-order valence-electron chi connectivity index (χ1n) is 8.51. The molecule has 0 unspecified atom stereocenters. The van der Waals surface area contributed by atoms with Crippen molar-refractivity contribution in [3.63, 3.8) is 0 Å². The molecule has 1 fully saturated rings. The molecule has 0 bridgehead atoms. The van der Waals surface area contributed by atoms with Crippen molar-refractivity contribution in [1.29, 1.82) is 0 Å². The molecule has 7 heteroatoms. The topological polar surface area (TPSA) is 56.5 Å². The molecule has 0 spiro atoms. The Morgan fingerprint density at radius 2 is 1.62 bits per heavy atom. The maximum absolute atomic E-state index is 9.65. The van der Waals surface area contributed by atoms with E-state index in [-0.39, 0.29) is 17.0 Å². The van der Waals surface area contributed by atoms with E-state index in [9.17, 15) is 5.11 Å². The van der Waals surface area contributed by atoms with Gasteiger partial charge in [0, 0.05) is 5.39 Å². The largest absolute Gasteiger partial charge is 0.508 e. The van der Waals surface area contributed by atoms with Crippen molar-refractivity contribution < 1.29 is 14.4 Å². The van der Waals surface area contributed by atoms with Crippen LogP contribution in [-0.2, 0) is 9.31 Å². The minimum atomic E-state index is -0.404. The standard InChI is InChI=1S/C19H20BClN2O3/c1-18(2)19(3,4)26-20(25-18)12-5-7-13(8-6-12)23-17(21)15-11-14(24)9-10-16(15)22-23/h5-11,24H,1-4H3. The molecule has 2 aromatic carbocycles. The number of rotatable bonds is 2. The van der Waals surface area contributed by atoms with Gasteiger partial charge in [0.2, 0.25) is 0 Å². The van der Waals surface area contributed by atoms with Crippen LogP contribution in [0.2, 0.25) is 5.15 Å². The summed E-state index contributed by atoms with van der Waals surface area (Å²) in [6.07, 6.45) is 0. The Kier molecular flexibility index (Phi) is 3.84. The molecule has 0 saturated carbocycles. The zero-order valence-electron chi connectivity index (χ0n) is 15.2. The van der Waals surface area contributed by atoms with E-state index in [1.54, 1.807) is 22.9 Å². The Morgan fingerprint density at radius 3 is 2.23 bits per heavy atom. The SMILES string of the molecule is CC1(C)OB(c2ccc(-n3nc4ccc(O)cc4c3Cl)cc2)OC1(C)C. The maximum atomic E-state index is 9.65. The number of aromatic hydroxyl groups is 1. The van der Waals surface area contributed by atoms with Crippen LogP contribution in [0.25, 0.3) is 16.6 Å². The summed E-state index contributed by atoms with van der Waals surface area (Å²) in [5.41, 5.74) is 1.74. The highest BCUT2D eigenvalue weighted by Crippen LogP contribution is 2.36. The molecule has 4 rings (SSSR count). The molecule has 1 aliphatic rings. The van der Waals surface area contributed by atoms with Crippen molar-refractivity contribution >= 4 is 35.1 Å². The lowest BCUT2D eigenvalue weighted by molar-refractivity contribution is 0.00578. The van der Waals surface area contributed by atoms with Crippen LogP contribution in [0.15, 0.2) is 42.5 Å². The Bertz CT molecular complexity index is 966. The molecule has 1 aliphatic heterocycles. The van der Waals surface area contributed by atoms with E-state index in [0.717, 1.165) is 16.7 Å². The molecule has 1 saturated heterocycles. The second-order valence-electron chi connectivity index (χ2n) is 7.58. The first-order chi connectivity index (χ1) is 12.2. The molecular formula is C19H20BClN2O3. The summed E-state index contributed by atoms with van der Waals surface area (Å²) in [4.78, 5) is 0. The Hall–Kier alpha value is -2.02. The summed E-state index contributed by atoms with van der Waals surface area (Å²) in [7, 11) is -0.404. The van der Waals surface area contributed by atoms with Gasteiger partial charge in [0.1, 0.15) is 10.9 Å². The van der Waals surface area contributed by atoms with Crippen molar-refractivity contribution in [2.24, 2.45) is 0 Å². The fourth-order valence-corrected chi connectivity index (χ4v) is 3.25. The normalized spacial score (nSPS) is 18.6. The van der Waals surface area contributed by atoms with Gasteiger partial charge in [0.05, 0.1) is 22.4 Å². The third-order valence-corrected chi connectivity index (χ3v) is 5.62. The van der Waals surface area contributed by atoms with Gasteiger partial charge in [0.15, 0.2) is 0 Å². The molecule has 5 nitrogen and oxygen atoms in total. The maximum Gasteiger partial charge on any atom is 0.494 e. The Balaban J connectivity index is 1.66. The third-order valence-electron chi connectivity index (χ3n) is 5.26. The molecule has 1 aromatic heterocycles. The molecule has 2 heterocycles. The number of halogens is 1. The van der Waals surface area contributed by atoms with E-state index >= 15 is 0 Å². The molecule has 0 radical (unpaired) electrons. The first kappa shape index (κ1) is 17.4.